The Labute approximate surface area is 98.1 Å². The van der Waals surface area contributed by atoms with Crippen molar-refractivity contribution >= 4 is 32.9 Å². The summed E-state index contributed by atoms with van der Waals surface area (Å²) in [7, 11) is 0. The van der Waals surface area contributed by atoms with E-state index in [0.717, 1.165) is 29.3 Å². The van der Waals surface area contributed by atoms with Gasteiger partial charge in [0.2, 0.25) is 0 Å². The monoisotopic (exact) mass is 308 g/mol. The molecule has 1 aromatic carbocycles. The molecule has 1 rings (SSSR count). The summed E-state index contributed by atoms with van der Waals surface area (Å²) in [4.78, 5) is 0. The van der Waals surface area contributed by atoms with Crippen molar-refractivity contribution in [3.05, 3.63) is 28.2 Å². The fraction of sp³-hybridized carbons (Fsp3) is 0.400. The highest BCUT2D eigenvalue weighted by Crippen LogP contribution is 2.28. The average molecular weight is 310 g/mol. The highest BCUT2D eigenvalue weighted by atomic mass is 79.9. The van der Waals surface area contributed by atoms with Crippen molar-refractivity contribution in [3.63, 3.8) is 0 Å². The van der Waals surface area contributed by atoms with Crippen LogP contribution in [0.1, 0.15) is 25.3 Å². The van der Waals surface area contributed by atoms with Gasteiger partial charge in [0.1, 0.15) is 5.75 Å². The van der Waals surface area contributed by atoms with Crippen molar-refractivity contribution in [1.29, 1.82) is 0 Å². The molecule has 0 aromatic heterocycles. The molecule has 0 saturated heterocycles. The van der Waals surface area contributed by atoms with Gasteiger partial charge in [-0.2, -0.15) is 0 Å². The van der Waals surface area contributed by atoms with Crippen LogP contribution in [0.3, 0.4) is 0 Å². The molecule has 0 saturated carbocycles. The summed E-state index contributed by atoms with van der Waals surface area (Å²) in [5.41, 5.74) is 1.03. The molecule has 3 heteroatoms. The van der Waals surface area contributed by atoms with Crippen molar-refractivity contribution < 1.29 is 5.11 Å². The van der Waals surface area contributed by atoms with E-state index < -0.39 is 0 Å². The number of aryl methyl sites for hydroxylation is 1. The Bertz CT molecular complexity index is 261. The second-order valence-electron chi connectivity index (χ2n) is 2.85. The molecule has 0 radical (unpaired) electrons. The lowest BCUT2D eigenvalue weighted by atomic mass is 10.1. The summed E-state index contributed by atoms with van der Waals surface area (Å²) in [6.45, 7) is 2.15. The molecule has 0 unspecified atom stereocenters. The SMILES string of the molecule is Br.CCCCc1cccc(Br)c1O. The third kappa shape index (κ3) is 3.69. The molecule has 0 bridgehead atoms. The van der Waals surface area contributed by atoms with Crippen molar-refractivity contribution in [1.82, 2.24) is 0 Å². The van der Waals surface area contributed by atoms with Crippen LogP contribution in [-0.2, 0) is 6.42 Å². The van der Waals surface area contributed by atoms with Crippen LogP contribution in [0.15, 0.2) is 22.7 Å². The Kier molecular flexibility index (Phi) is 6.43. The largest absolute Gasteiger partial charge is 0.506 e. The van der Waals surface area contributed by atoms with Gasteiger partial charge >= 0.3 is 0 Å². The number of unbranched alkanes of at least 4 members (excludes halogenated alkanes) is 1. The maximum atomic E-state index is 9.58. The van der Waals surface area contributed by atoms with Gasteiger partial charge in [-0.1, -0.05) is 25.5 Å². The zero-order valence-electron chi connectivity index (χ0n) is 7.59. The number of halogens is 2. The van der Waals surface area contributed by atoms with Crippen LogP contribution in [0.2, 0.25) is 0 Å². The third-order valence-corrected chi connectivity index (χ3v) is 2.51. The topological polar surface area (TPSA) is 20.2 Å². The Morgan fingerprint density at radius 2 is 2.08 bits per heavy atom. The molecule has 0 spiro atoms. The molecule has 74 valence electrons. The fourth-order valence-corrected chi connectivity index (χ4v) is 1.54. The van der Waals surface area contributed by atoms with Crippen LogP contribution in [0.5, 0.6) is 5.75 Å². The number of hydrogen-bond acceptors (Lipinski definition) is 1. The van der Waals surface area contributed by atoms with E-state index in [1.165, 1.54) is 0 Å². The Hall–Kier alpha value is -0.0200. The molecule has 0 aliphatic rings. The molecule has 0 amide bonds. The predicted molar refractivity (Wildman–Crippen MR) is 64.7 cm³/mol. The van der Waals surface area contributed by atoms with Crippen LogP contribution in [-0.4, -0.2) is 5.11 Å². The van der Waals surface area contributed by atoms with Crippen molar-refractivity contribution in [3.8, 4) is 5.75 Å². The van der Waals surface area contributed by atoms with Crippen molar-refractivity contribution in [2.45, 2.75) is 26.2 Å². The zero-order valence-corrected chi connectivity index (χ0v) is 10.9. The second kappa shape index (κ2) is 6.44. The second-order valence-corrected chi connectivity index (χ2v) is 3.71. The maximum Gasteiger partial charge on any atom is 0.132 e. The number of benzene rings is 1. The van der Waals surface area contributed by atoms with Gasteiger partial charge < -0.3 is 5.11 Å². The van der Waals surface area contributed by atoms with E-state index in [0.29, 0.717) is 5.75 Å². The lowest BCUT2D eigenvalue weighted by molar-refractivity contribution is 0.463. The molecule has 0 heterocycles. The van der Waals surface area contributed by atoms with E-state index in [9.17, 15) is 5.11 Å². The van der Waals surface area contributed by atoms with Crippen LogP contribution >= 0.6 is 32.9 Å². The van der Waals surface area contributed by atoms with E-state index in [1.54, 1.807) is 0 Å². The molecular formula is C10H14Br2O. The fourth-order valence-electron chi connectivity index (χ4n) is 1.13. The van der Waals surface area contributed by atoms with E-state index >= 15 is 0 Å². The molecule has 1 aromatic rings. The number of phenols is 1. The zero-order chi connectivity index (χ0) is 8.97. The molecule has 13 heavy (non-hydrogen) atoms. The Balaban J connectivity index is 0.00000144. The van der Waals surface area contributed by atoms with Gasteiger partial charge in [-0.15, -0.1) is 17.0 Å². The highest BCUT2D eigenvalue weighted by Gasteiger charge is 2.02. The summed E-state index contributed by atoms with van der Waals surface area (Å²) in [6.07, 6.45) is 3.25. The number of para-hydroxylation sites is 1. The van der Waals surface area contributed by atoms with Gasteiger partial charge in [0.05, 0.1) is 4.47 Å². The Morgan fingerprint density at radius 3 is 2.69 bits per heavy atom. The minimum Gasteiger partial charge on any atom is -0.506 e. The molecule has 1 nitrogen and oxygen atoms in total. The van der Waals surface area contributed by atoms with Gasteiger partial charge in [0.15, 0.2) is 0 Å². The molecule has 0 fully saturated rings. The van der Waals surface area contributed by atoms with E-state index in [4.69, 9.17) is 0 Å². The van der Waals surface area contributed by atoms with Gasteiger partial charge in [0, 0.05) is 0 Å². The highest BCUT2D eigenvalue weighted by molar-refractivity contribution is 9.10. The summed E-state index contributed by atoms with van der Waals surface area (Å²) in [5.74, 6) is 0.394. The van der Waals surface area contributed by atoms with Crippen molar-refractivity contribution in [2.24, 2.45) is 0 Å². The van der Waals surface area contributed by atoms with Gasteiger partial charge in [-0.3, -0.25) is 0 Å². The van der Waals surface area contributed by atoms with Gasteiger partial charge in [-0.05, 0) is 40.4 Å². The summed E-state index contributed by atoms with van der Waals surface area (Å²) < 4.78 is 0.788. The average Bonchev–Trinajstić information content (AvgIpc) is 2.08. The van der Waals surface area contributed by atoms with E-state index in [-0.39, 0.29) is 17.0 Å². The van der Waals surface area contributed by atoms with Crippen LogP contribution in [0, 0.1) is 0 Å². The maximum absolute atomic E-state index is 9.58. The predicted octanol–water partition coefficient (Wildman–Crippen LogP) is 4.08. The lowest BCUT2D eigenvalue weighted by Gasteiger charge is -2.04. The van der Waals surface area contributed by atoms with Crippen LogP contribution in [0.25, 0.3) is 0 Å². The summed E-state index contributed by atoms with van der Waals surface area (Å²) >= 11 is 3.29. The standard InChI is InChI=1S/C10H13BrO.BrH/c1-2-3-5-8-6-4-7-9(11)10(8)12;/h4,6-7,12H,2-3,5H2,1H3;1H. The van der Waals surface area contributed by atoms with Crippen LogP contribution < -0.4 is 0 Å². The van der Waals surface area contributed by atoms with E-state index in [1.807, 2.05) is 18.2 Å². The third-order valence-electron chi connectivity index (χ3n) is 1.87. The summed E-state index contributed by atoms with van der Waals surface area (Å²) in [5, 5.41) is 9.58. The van der Waals surface area contributed by atoms with E-state index in [2.05, 4.69) is 22.9 Å². The minimum absolute atomic E-state index is 0. The molecule has 1 N–H and O–H groups in total. The number of phenolic OH excluding ortho intramolecular Hbond substituents is 1. The molecular weight excluding hydrogens is 296 g/mol. The van der Waals surface area contributed by atoms with Gasteiger partial charge in [-0.25, -0.2) is 0 Å². The smallest absolute Gasteiger partial charge is 0.132 e. The first-order chi connectivity index (χ1) is 5.75. The molecule has 0 aliphatic heterocycles. The summed E-state index contributed by atoms with van der Waals surface area (Å²) in [6, 6.07) is 5.77. The van der Waals surface area contributed by atoms with Gasteiger partial charge in [0.25, 0.3) is 0 Å². The van der Waals surface area contributed by atoms with Crippen LogP contribution in [0.4, 0.5) is 0 Å². The normalized spacial score (nSPS) is 9.38. The number of hydrogen-bond donors (Lipinski definition) is 1. The number of aromatic hydroxyl groups is 1. The number of rotatable bonds is 3. The first kappa shape index (κ1) is 13.0. The Morgan fingerprint density at radius 1 is 1.38 bits per heavy atom. The molecule has 0 aliphatic carbocycles. The first-order valence-corrected chi connectivity index (χ1v) is 5.01. The van der Waals surface area contributed by atoms with Crippen molar-refractivity contribution in [2.75, 3.05) is 0 Å². The minimum atomic E-state index is 0. The first-order valence-electron chi connectivity index (χ1n) is 4.22. The lowest BCUT2D eigenvalue weighted by Crippen LogP contribution is -1.85. The molecule has 0 atom stereocenters. The quantitative estimate of drug-likeness (QED) is 0.892.